The van der Waals surface area contributed by atoms with Crippen LogP contribution in [0.2, 0.25) is 0 Å². The first-order chi connectivity index (χ1) is 19.0. The molecule has 2 N–H and O–H groups in total. The molecule has 0 aromatic rings. The van der Waals surface area contributed by atoms with E-state index in [-0.39, 0.29) is 25.4 Å². The number of carboxylic acids is 2. The Morgan fingerprint density at radius 1 is 0.487 bits per heavy atom. The third kappa shape index (κ3) is 29.6. The fourth-order valence-electron chi connectivity index (χ4n) is 4.86. The summed E-state index contributed by atoms with van der Waals surface area (Å²) in [7, 11) is 0. The van der Waals surface area contributed by atoms with Crippen LogP contribution in [0.25, 0.3) is 0 Å². The Bertz CT molecular complexity index is 495. The van der Waals surface area contributed by atoms with Crippen molar-refractivity contribution < 1.29 is 34.0 Å². The summed E-state index contributed by atoms with van der Waals surface area (Å²) in [4.78, 5) is 22.0. The van der Waals surface area contributed by atoms with E-state index in [9.17, 15) is 9.59 Å². The van der Waals surface area contributed by atoms with Gasteiger partial charge in [-0.15, -0.1) is 0 Å². The first kappa shape index (κ1) is 37.8. The van der Waals surface area contributed by atoms with Crippen LogP contribution in [0, 0.1) is 0 Å². The molecular formula is C32H62O7. The molecule has 0 bridgehead atoms. The van der Waals surface area contributed by atoms with Gasteiger partial charge in [-0.3, -0.25) is 0 Å². The van der Waals surface area contributed by atoms with Gasteiger partial charge in [0.15, 0.2) is 0 Å². The molecule has 39 heavy (non-hydrogen) atoms. The summed E-state index contributed by atoms with van der Waals surface area (Å²) in [5.74, 6) is -1.96. The van der Waals surface area contributed by atoms with Crippen molar-refractivity contribution in [2.24, 2.45) is 0 Å². The van der Waals surface area contributed by atoms with Gasteiger partial charge in [-0.05, 0) is 12.8 Å². The van der Waals surface area contributed by atoms with Crippen LogP contribution in [0.1, 0.15) is 155 Å². The van der Waals surface area contributed by atoms with E-state index in [0.29, 0.717) is 13.2 Å². The van der Waals surface area contributed by atoms with Crippen LogP contribution in [0.15, 0.2) is 0 Å². The molecule has 2 atom stereocenters. The van der Waals surface area contributed by atoms with Crippen LogP contribution in [-0.4, -0.2) is 60.8 Å². The van der Waals surface area contributed by atoms with Crippen molar-refractivity contribution in [1.82, 2.24) is 0 Å². The van der Waals surface area contributed by atoms with E-state index in [2.05, 4.69) is 13.8 Å². The lowest BCUT2D eigenvalue weighted by atomic mass is 10.0. The normalized spacial score (nSPS) is 13.0. The molecule has 0 rings (SSSR count). The molecule has 0 fully saturated rings. The number of unbranched alkanes of at least 4 members (excludes halogenated alkanes) is 18. The second kappa shape index (κ2) is 29.8. The molecule has 7 nitrogen and oxygen atoms in total. The van der Waals surface area contributed by atoms with Crippen molar-refractivity contribution in [1.29, 1.82) is 0 Å². The Labute approximate surface area is 239 Å². The third-order valence-electron chi connectivity index (χ3n) is 7.25. The van der Waals surface area contributed by atoms with Crippen molar-refractivity contribution in [3.8, 4) is 0 Å². The molecule has 0 spiro atoms. The SMILES string of the molecule is CCCCCCCCCCCCC(COCC(CCCCCCCCCCCC)OCC(=O)O)OCC(=O)O. The van der Waals surface area contributed by atoms with E-state index in [0.717, 1.165) is 38.5 Å². The minimum atomic E-state index is -0.980. The van der Waals surface area contributed by atoms with Crippen molar-refractivity contribution in [3.63, 3.8) is 0 Å². The van der Waals surface area contributed by atoms with E-state index in [4.69, 9.17) is 24.4 Å². The zero-order chi connectivity index (χ0) is 28.8. The molecule has 0 aromatic heterocycles. The van der Waals surface area contributed by atoms with Gasteiger partial charge in [0.05, 0.1) is 25.4 Å². The summed E-state index contributed by atoms with van der Waals surface area (Å²) in [6.07, 6.45) is 26.0. The number of aliphatic carboxylic acids is 2. The quantitative estimate of drug-likeness (QED) is 0.0797. The van der Waals surface area contributed by atoms with Gasteiger partial charge in [-0.25, -0.2) is 9.59 Å². The van der Waals surface area contributed by atoms with E-state index in [1.165, 1.54) is 103 Å². The van der Waals surface area contributed by atoms with Crippen molar-refractivity contribution >= 4 is 11.9 Å². The van der Waals surface area contributed by atoms with Crippen LogP contribution in [0.5, 0.6) is 0 Å². The first-order valence-corrected chi connectivity index (χ1v) is 16.2. The molecule has 232 valence electrons. The van der Waals surface area contributed by atoms with Gasteiger partial charge >= 0.3 is 11.9 Å². The maximum absolute atomic E-state index is 11.0. The highest BCUT2D eigenvalue weighted by molar-refractivity contribution is 5.68. The fourth-order valence-corrected chi connectivity index (χ4v) is 4.86. The topological polar surface area (TPSA) is 102 Å². The highest BCUT2D eigenvalue weighted by Crippen LogP contribution is 2.15. The minimum absolute atomic E-state index is 0.271. The lowest BCUT2D eigenvalue weighted by molar-refractivity contribution is -0.148. The number of hydrogen-bond acceptors (Lipinski definition) is 5. The second-order valence-corrected chi connectivity index (χ2v) is 11.1. The van der Waals surface area contributed by atoms with Crippen LogP contribution >= 0.6 is 0 Å². The first-order valence-electron chi connectivity index (χ1n) is 16.2. The molecule has 0 aliphatic carbocycles. The molecule has 0 aromatic carbocycles. The van der Waals surface area contributed by atoms with E-state index in [1.807, 2.05) is 0 Å². The standard InChI is InChI=1S/C32H62O7/c1-3-5-7-9-11-13-15-17-19-21-23-29(38-27-31(33)34)25-37-26-30(39-28-32(35)36)24-22-20-18-16-14-12-10-8-6-4-2/h29-30H,3-28H2,1-2H3,(H,33,34)(H,35,36). The van der Waals surface area contributed by atoms with Gasteiger partial charge in [0.1, 0.15) is 13.2 Å². The lowest BCUT2D eigenvalue weighted by Gasteiger charge is -2.21. The highest BCUT2D eigenvalue weighted by atomic mass is 16.6. The Kier molecular flexibility index (Phi) is 28.9. The molecular weight excluding hydrogens is 496 g/mol. The summed E-state index contributed by atoms with van der Waals surface area (Å²) in [6.45, 7) is 4.42. The highest BCUT2D eigenvalue weighted by Gasteiger charge is 2.16. The zero-order valence-corrected chi connectivity index (χ0v) is 25.5. The largest absolute Gasteiger partial charge is 0.480 e. The molecule has 0 amide bonds. The summed E-state index contributed by atoms with van der Waals surface area (Å²) >= 11 is 0. The van der Waals surface area contributed by atoms with Gasteiger partial charge < -0.3 is 24.4 Å². The van der Waals surface area contributed by atoms with Crippen LogP contribution in [0.3, 0.4) is 0 Å². The molecule has 2 unspecified atom stereocenters. The van der Waals surface area contributed by atoms with Crippen LogP contribution in [-0.2, 0) is 23.8 Å². The predicted molar refractivity (Wildman–Crippen MR) is 158 cm³/mol. The number of ether oxygens (including phenoxy) is 3. The van der Waals surface area contributed by atoms with Gasteiger partial charge in [-0.2, -0.15) is 0 Å². The number of carbonyl (C=O) groups is 2. The number of carboxylic acid groups (broad SMARTS) is 2. The summed E-state index contributed by atoms with van der Waals surface area (Å²) in [5.41, 5.74) is 0. The van der Waals surface area contributed by atoms with Crippen molar-refractivity contribution in [3.05, 3.63) is 0 Å². The van der Waals surface area contributed by atoms with E-state index < -0.39 is 11.9 Å². The smallest absolute Gasteiger partial charge is 0.329 e. The number of hydrogen-bond donors (Lipinski definition) is 2. The second-order valence-electron chi connectivity index (χ2n) is 11.1. The van der Waals surface area contributed by atoms with Crippen LogP contribution in [0.4, 0.5) is 0 Å². The molecule has 7 heteroatoms. The summed E-state index contributed by atoms with van der Waals surface area (Å²) in [6, 6.07) is 0. The maximum atomic E-state index is 11.0. The predicted octanol–water partition coefficient (Wildman–Crippen LogP) is 8.56. The number of rotatable bonds is 32. The Morgan fingerprint density at radius 3 is 1.05 bits per heavy atom. The maximum Gasteiger partial charge on any atom is 0.329 e. The van der Waals surface area contributed by atoms with E-state index in [1.54, 1.807) is 0 Å². The molecule has 0 saturated carbocycles. The zero-order valence-electron chi connectivity index (χ0n) is 25.5. The Hall–Kier alpha value is -1.18. The van der Waals surface area contributed by atoms with E-state index >= 15 is 0 Å². The summed E-state index contributed by atoms with van der Waals surface area (Å²) < 4.78 is 17.0. The Morgan fingerprint density at radius 2 is 0.769 bits per heavy atom. The molecule has 0 radical (unpaired) electrons. The van der Waals surface area contributed by atoms with Crippen molar-refractivity contribution in [2.45, 2.75) is 167 Å². The summed E-state index contributed by atoms with van der Waals surface area (Å²) in [5, 5.41) is 18.1. The molecule has 0 heterocycles. The van der Waals surface area contributed by atoms with Gasteiger partial charge in [0.25, 0.3) is 0 Å². The molecule has 0 saturated heterocycles. The molecule has 0 aliphatic heterocycles. The van der Waals surface area contributed by atoms with Crippen molar-refractivity contribution in [2.75, 3.05) is 26.4 Å². The monoisotopic (exact) mass is 558 g/mol. The Balaban J connectivity index is 4.20. The average molecular weight is 559 g/mol. The van der Waals surface area contributed by atoms with Gasteiger partial charge in [-0.1, -0.05) is 142 Å². The third-order valence-corrected chi connectivity index (χ3v) is 7.25. The average Bonchev–Trinajstić information content (AvgIpc) is 2.91. The van der Waals surface area contributed by atoms with Crippen LogP contribution < -0.4 is 0 Å². The molecule has 0 aliphatic rings. The van der Waals surface area contributed by atoms with Gasteiger partial charge in [0.2, 0.25) is 0 Å². The fraction of sp³-hybridized carbons (Fsp3) is 0.938. The minimum Gasteiger partial charge on any atom is -0.480 e. The van der Waals surface area contributed by atoms with Gasteiger partial charge in [0, 0.05) is 0 Å². The lowest BCUT2D eigenvalue weighted by Crippen LogP contribution is -2.28.